The van der Waals surface area contributed by atoms with Crippen molar-refractivity contribution < 1.29 is 4.42 Å². The largest absolute Gasteiger partial charge is 0.455 e. The number of hydrogen-bond donors (Lipinski definition) is 0. The topological polar surface area (TPSA) is 51.8 Å². The number of furan rings is 1. The van der Waals surface area contributed by atoms with E-state index in [0.717, 1.165) is 60.5 Å². The van der Waals surface area contributed by atoms with Gasteiger partial charge in [0.2, 0.25) is 0 Å². The van der Waals surface area contributed by atoms with Crippen LogP contribution in [0.25, 0.3) is 111 Å². The number of hydrogen-bond acceptors (Lipinski definition) is 4. The molecule has 11 aromatic rings. The molecule has 0 unspecified atom stereocenters. The number of rotatable bonds is 5. The third kappa shape index (κ3) is 5.43. The molecule has 0 bridgehead atoms. The van der Waals surface area contributed by atoms with E-state index in [1.165, 1.54) is 32.7 Å². The van der Waals surface area contributed by atoms with E-state index >= 15 is 0 Å². The summed E-state index contributed by atoms with van der Waals surface area (Å²) in [6, 6.07) is 65.9. The van der Waals surface area contributed by atoms with Crippen molar-refractivity contribution in [3.8, 4) is 56.4 Å². The zero-order valence-corrected chi connectivity index (χ0v) is 29.6. The second-order valence-corrected chi connectivity index (χ2v) is 14.0. The third-order valence-corrected chi connectivity index (χ3v) is 10.7. The Kier molecular flexibility index (Phi) is 7.14. The van der Waals surface area contributed by atoms with Crippen LogP contribution in [-0.2, 0) is 0 Å². The van der Waals surface area contributed by atoms with Crippen molar-refractivity contribution >= 4 is 54.3 Å². The molecule has 0 spiro atoms. The van der Waals surface area contributed by atoms with Gasteiger partial charge >= 0.3 is 0 Å². The lowest BCUT2D eigenvalue weighted by Gasteiger charge is -2.10. The minimum Gasteiger partial charge on any atom is -0.455 e. The molecule has 0 aliphatic carbocycles. The SMILES string of the molecule is c1ccc(-c2nc(-c3ccc4ccccc4c3)nc(-c3ccc4c(c3)oc3c(-c5ccc(-c6ccc7ccccc7c6)cc5)c5ccccc5cc34)n2)cc1. The van der Waals surface area contributed by atoms with Gasteiger partial charge in [-0.15, -0.1) is 0 Å². The van der Waals surface area contributed by atoms with Crippen molar-refractivity contribution in [3.63, 3.8) is 0 Å². The van der Waals surface area contributed by atoms with Gasteiger partial charge < -0.3 is 4.42 Å². The van der Waals surface area contributed by atoms with Crippen LogP contribution in [0.15, 0.2) is 192 Å². The van der Waals surface area contributed by atoms with Crippen LogP contribution in [0, 0.1) is 0 Å². The molecular weight excluding hydrogens is 671 g/mol. The molecule has 256 valence electrons. The first-order chi connectivity index (χ1) is 27.2. The lowest BCUT2D eigenvalue weighted by atomic mass is 9.93. The van der Waals surface area contributed by atoms with Gasteiger partial charge in [0.25, 0.3) is 0 Å². The van der Waals surface area contributed by atoms with Crippen molar-refractivity contribution in [1.82, 2.24) is 15.0 Å². The maximum atomic E-state index is 6.88. The fourth-order valence-electron chi connectivity index (χ4n) is 7.88. The average molecular weight is 702 g/mol. The van der Waals surface area contributed by atoms with Crippen LogP contribution in [0.3, 0.4) is 0 Å². The number of nitrogens with zero attached hydrogens (tertiary/aromatic N) is 3. The summed E-state index contributed by atoms with van der Waals surface area (Å²) in [5.41, 5.74) is 8.94. The molecule has 55 heavy (non-hydrogen) atoms. The molecule has 0 saturated heterocycles. The first-order valence-corrected chi connectivity index (χ1v) is 18.5. The van der Waals surface area contributed by atoms with Crippen molar-refractivity contribution in [3.05, 3.63) is 188 Å². The highest BCUT2D eigenvalue weighted by molar-refractivity contribution is 6.18. The first-order valence-electron chi connectivity index (χ1n) is 18.5. The minimum atomic E-state index is 0.592. The zero-order chi connectivity index (χ0) is 36.3. The molecule has 0 saturated carbocycles. The second-order valence-electron chi connectivity index (χ2n) is 14.0. The van der Waals surface area contributed by atoms with E-state index in [4.69, 9.17) is 19.4 Å². The number of aromatic nitrogens is 3. The molecule has 2 aromatic heterocycles. The standard InChI is InChI=1S/C51H31N3O/c1-2-12-36(13-3-1)49-52-50(41-25-21-33-11-5-7-15-38(33)29-41)54-51(53-49)42-26-27-44-45-30-40-16-8-9-17-43(40)47(48(45)55-46(44)31-42)35-22-18-34(19-23-35)39-24-20-32-10-4-6-14-37(32)28-39/h1-31H. The fraction of sp³-hybridized carbons (Fsp3) is 0. The molecule has 9 aromatic carbocycles. The van der Waals surface area contributed by atoms with Gasteiger partial charge in [0.15, 0.2) is 17.5 Å². The summed E-state index contributed by atoms with van der Waals surface area (Å²) < 4.78 is 6.88. The van der Waals surface area contributed by atoms with Crippen LogP contribution >= 0.6 is 0 Å². The highest BCUT2D eigenvalue weighted by atomic mass is 16.3. The molecule has 11 rings (SSSR count). The molecule has 0 amide bonds. The summed E-state index contributed by atoms with van der Waals surface area (Å²) in [6.45, 7) is 0. The van der Waals surface area contributed by atoms with Crippen LogP contribution < -0.4 is 0 Å². The molecule has 0 aliphatic rings. The van der Waals surface area contributed by atoms with Gasteiger partial charge in [-0.05, 0) is 79.3 Å². The Morgan fingerprint density at radius 2 is 0.800 bits per heavy atom. The summed E-state index contributed by atoms with van der Waals surface area (Å²) in [5, 5.41) is 9.23. The molecule has 0 aliphatic heterocycles. The van der Waals surface area contributed by atoms with Crippen molar-refractivity contribution in [2.45, 2.75) is 0 Å². The van der Waals surface area contributed by atoms with E-state index in [0.29, 0.717) is 17.5 Å². The lowest BCUT2D eigenvalue weighted by molar-refractivity contribution is 0.670. The van der Waals surface area contributed by atoms with Gasteiger partial charge in [-0.1, -0.05) is 158 Å². The first kappa shape index (κ1) is 31.1. The van der Waals surface area contributed by atoms with Crippen LogP contribution in [-0.4, -0.2) is 15.0 Å². The monoisotopic (exact) mass is 701 g/mol. The van der Waals surface area contributed by atoms with Crippen LogP contribution in [0.5, 0.6) is 0 Å². The highest BCUT2D eigenvalue weighted by Gasteiger charge is 2.19. The van der Waals surface area contributed by atoms with Crippen LogP contribution in [0.2, 0.25) is 0 Å². The van der Waals surface area contributed by atoms with Gasteiger partial charge in [0.1, 0.15) is 11.2 Å². The van der Waals surface area contributed by atoms with Gasteiger partial charge in [-0.2, -0.15) is 0 Å². The molecule has 0 atom stereocenters. The smallest absolute Gasteiger partial charge is 0.164 e. The zero-order valence-electron chi connectivity index (χ0n) is 29.6. The predicted octanol–water partition coefficient (Wildman–Crippen LogP) is 13.6. The summed E-state index contributed by atoms with van der Waals surface area (Å²) in [7, 11) is 0. The molecule has 2 heterocycles. The Balaban J connectivity index is 1.05. The molecular formula is C51H31N3O. The molecule has 4 heteroatoms. The summed E-state index contributed by atoms with van der Waals surface area (Å²) in [5.74, 6) is 1.84. The number of benzene rings is 9. The Bertz CT molecular complexity index is 3260. The third-order valence-electron chi connectivity index (χ3n) is 10.7. The Labute approximate surface area is 317 Å². The summed E-state index contributed by atoms with van der Waals surface area (Å²) in [4.78, 5) is 15.1. The van der Waals surface area contributed by atoms with Gasteiger partial charge in [-0.3, -0.25) is 0 Å². The Morgan fingerprint density at radius 1 is 0.291 bits per heavy atom. The average Bonchev–Trinajstić information content (AvgIpc) is 3.62. The predicted molar refractivity (Wildman–Crippen MR) is 227 cm³/mol. The van der Waals surface area contributed by atoms with Gasteiger partial charge in [0, 0.05) is 33.0 Å². The van der Waals surface area contributed by atoms with Crippen molar-refractivity contribution in [2.75, 3.05) is 0 Å². The lowest BCUT2D eigenvalue weighted by Crippen LogP contribution is -2.00. The van der Waals surface area contributed by atoms with E-state index in [2.05, 4.69) is 158 Å². The molecule has 4 nitrogen and oxygen atoms in total. The molecule has 0 N–H and O–H groups in total. The van der Waals surface area contributed by atoms with E-state index in [1.54, 1.807) is 0 Å². The normalized spacial score (nSPS) is 11.6. The van der Waals surface area contributed by atoms with Crippen LogP contribution in [0.4, 0.5) is 0 Å². The Hall–Kier alpha value is -7.43. The maximum absolute atomic E-state index is 6.88. The second kappa shape index (κ2) is 12.6. The summed E-state index contributed by atoms with van der Waals surface area (Å²) in [6.07, 6.45) is 0. The van der Waals surface area contributed by atoms with E-state index in [-0.39, 0.29) is 0 Å². The minimum absolute atomic E-state index is 0.592. The highest BCUT2D eigenvalue weighted by Crippen LogP contribution is 2.42. The van der Waals surface area contributed by atoms with Crippen molar-refractivity contribution in [1.29, 1.82) is 0 Å². The van der Waals surface area contributed by atoms with Crippen molar-refractivity contribution in [2.24, 2.45) is 0 Å². The molecule has 0 radical (unpaired) electrons. The van der Waals surface area contributed by atoms with E-state index < -0.39 is 0 Å². The summed E-state index contributed by atoms with van der Waals surface area (Å²) >= 11 is 0. The molecule has 0 fully saturated rings. The maximum Gasteiger partial charge on any atom is 0.164 e. The van der Waals surface area contributed by atoms with Crippen LogP contribution in [0.1, 0.15) is 0 Å². The van der Waals surface area contributed by atoms with Gasteiger partial charge in [-0.25, -0.2) is 15.0 Å². The van der Waals surface area contributed by atoms with E-state index in [1.807, 2.05) is 30.3 Å². The Morgan fingerprint density at radius 3 is 1.51 bits per heavy atom. The van der Waals surface area contributed by atoms with E-state index in [9.17, 15) is 0 Å². The quantitative estimate of drug-likeness (QED) is 0.179. The number of fused-ring (bicyclic) bond motifs is 6. The fourth-order valence-corrected chi connectivity index (χ4v) is 7.88. The van der Waals surface area contributed by atoms with Gasteiger partial charge in [0.05, 0.1) is 0 Å².